The number of guanidine groups is 1. The van der Waals surface area contributed by atoms with Crippen LogP contribution in [-0.4, -0.2) is 81.3 Å². The molecule has 2 heterocycles. The van der Waals surface area contributed by atoms with Gasteiger partial charge in [0.25, 0.3) is 0 Å². The molecule has 0 amide bonds. The Kier molecular flexibility index (Phi) is 9.07. The highest BCUT2D eigenvalue weighted by Gasteiger charge is 2.17. The summed E-state index contributed by atoms with van der Waals surface area (Å²) in [5.74, 6) is 0.894. The highest BCUT2D eigenvalue weighted by Crippen LogP contribution is 2.10. The molecule has 0 bridgehead atoms. The molecule has 1 atom stereocenters. The third-order valence-corrected chi connectivity index (χ3v) is 5.65. The van der Waals surface area contributed by atoms with E-state index < -0.39 is 0 Å². The van der Waals surface area contributed by atoms with E-state index in [1.807, 2.05) is 7.05 Å². The van der Waals surface area contributed by atoms with E-state index in [9.17, 15) is 0 Å². The summed E-state index contributed by atoms with van der Waals surface area (Å²) in [4.78, 5) is 9.47. The van der Waals surface area contributed by atoms with Crippen molar-refractivity contribution in [1.82, 2.24) is 20.4 Å². The van der Waals surface area contributed by atoms with Crippen molar-refractivity contribution in [3.63, 3.8) is 0 Å². The Morgan fingerprint density at radius 2 is 1.86 bits per heavy atom. The molecule has 0 aromatic heterocycles. The van der Waals surface area contributed by atoms with Gasteiger partial charge in [-0.1, -0.05) is 30.3 Å². The predicted octanol–water partition coefficient (Wildman–Crippen LogP) is 1.93. The van der Waals surface area contributed by atoms with Crippen molar-refractivity contribution in [2.75, 3.05) is 59.5 Å². The lowest BCUT2D eigenvalue weighted by atomic mass is 10.2. The minimum absolute atomic E-state index is 0.346. The van der Waals surface area contributed by atoms with E-state index in [-0.39, 0.29) is 0 Å². The molecule has 2 fully saturated rings. The molecule has 6 heteroatoms. The van der Waals surface area contributed by atoms with E-state index in [1.54, 1.807) is 0 Å². The van der Waals surface area contributed by atoms with E-state index in [2.05, 4.69) is 55.8 Å². The number of hydrogen-bond acceptors (Lipinski definition) is 4. The number of rotatable bonds is 9. The molecule has 2 saturated heterocycles. The van der Waals surface area contributed by atoms with Crippen molar-refractivity contribution in [2.24, 2.45) is 4.99 Å². The Balaban J connectivity index is 1.21. The molecule has 3 rings (SSSR count). The molecule has 2 aliphatic rings. The van der Waals surface area contributed by atoms with Crippen LogP contribution in [0.4, 0.5) is 0 Å². The molecule has 1 aromatic rings. The minimum atomic E-state index is 0.346. The number of piperazine rings is 1. The average Bonchev–Trinajstić information content (AvgIpc) is 3.26. The van der Waals surface area contributed by atoms with Gasteiger partial charge in [-0.05, 0) is 37.8 Å². The van der Waals surface area contributed by atoms with Crippen LogP contribution in [0.2, 0.25) is 0 Å². The van der Waals surface area contributed by atoms with E-state index in [0.717, 1.165) is 38.6 Å². The number of hydrogen-bond donors (Lipinski definition) is 2. The molecule has 6 nitrogen and oxygen atoms in total. The highest BCUT2D eigenvalue weighted by molar-refractivity contribution is 5.79. The van der Waals surface area contributed by atoms with Gasteiger partial charge in [0.05, 0.1) is 6.10 Å². The Morgan fingerprint density at radius 1 is 1.07 bits per heavy atom. The summed E-state index contributed by atoms with van der Waals surface area (Å²) < 4.78 is 5.64. The number of nitrogens with one attached hydrogen (secondary N) is 2. The van der Waals surface area contributed by atoms with Crippen LogP contribution in [0.1, 0.15) is 31.2 Å². The summed E-state index contributed by atoms with van der Waals surface area (Å²) in [6, 6.07) is 10.8. The molecule has 0 radical (unpaired) electrons. The second-order valence-electron chi connectivity index (χ2n) is 7.83. The number of nitrogens with zero attached hydrogens (tertiary/aromatic N) is 3. The lowest BCUT2D eigenvalue weighted by Crippen LogP contribution is -2.46. The maximum atomic E-state index is 5.64. The van der Waals surface area contributed by atoms with Crippen molar-refractivity contribution < 1.29 is 4.74 Å². The SMILES string of the molecule is CN=C(NCCCCN1CCN(Cc2ccccc2)CC1)NCC1CCCO1. The van der Waals surface area contributed by atoms with Gasteiger partial charge in [-0.15, -0.1) is 0 Å². The standard InChI is InChI=1S/C22H37N5O/c1-23-22(25-18-21-10-7-17-28-21)24-11-5-6-12-26-13-15-27(16-14-26)19-20-8-3-2-4-9-20/h2-4,8-9,21H,5-7,10-19H2,1H3,(H2,23,24,25). The largest absolute Gasteiger partial charge is 0.376 e. The monoisotopic (exact) mass is 387 g/mol. The van der Waals surface area contributed by atoms with Gasteiger partial charge in [0, 0.05) is 59.5 Å². The summed E-state index contributed by atoms with van der Waals surface area (Å²) in [6.07, 6.45) is 5.08. The number of unbranched alkanes of at least 4 members (excludes halogenated alkanes) is 1. The van der Waals surface area contributed by atoms with Crippen LogP contribution in [0.5, 0.6) is 0 Å². The topological polar surface area (TPSA) is 52.1 Å². The fourth-order valence-electron chi connectivity index (χ4n) is 3.92. The lowest BCUT2D eigenvalue weighted by molar-refractivity contribution is 0.114. The first-order valence-corrected chi connectivity index (χ1v) is 10.9. The summed E-state index contributed by atoms with van der Waals surface area (Å²) >= 11 is 0. The molecule has 0 saturated carbocycles. The van der Waals surface area contributed by atoms with Crippen LogP contribution in [-0.2, 0) is 11.3 Å². The first-order valence-electron chi connectivity index (χ1n) is 10.9. The lowest BCUT2D eigenvalue weighted by Gasteiger charge is -2.34. The molecule has 2 aliphatic heterocycles. The van der Waals surface area contributed by atoms with Crippen LogP contribution in [0.15, 0.2) is 35.3 Å². The summed E-state index contributed by atoms with van der Waals surface area (Å²) in [7, 11) is 1.83. The van der Waals surface area contributed by atoms with Gasteiger partial charge in [-0.3, -0.25) is 9.89 Å². The van der Waals surface area contributed by atoms with E-state index in [1.165, 1.54) is 57.5 Å². The highest BCUT2D eigenvalue weighted by atomic mass is 16.5. The molecule has 2 N–H and O–H groups in total. The predicted molar refractivity (Wildman–Crippen MR) is 116 cm³/mol. The normalized spacial score (nSPS) is 21.8. The van der Waals surface area contributed by atoms with Crippen molar-refractivity contribution in [3.8, 4) is 0 Å². The zero-order valence-corrected chi connectivity index (χ0v) is 17.4. The zero-order chi connectivity index (χ0) is 19.4. The van der Waals surface area contributed by atoms with Crippen molar-refractivity contribution in [1.29, 1.82) is 0 Å². The maximum Gasteiger partial charge on any atom is 0.191 e. The summed E-state index contributed by atoms with van der Waals surface area (Å²) in [5.41, 5.74) is 1.42. The third-order valence-electron chi connectivity index (χ3n) is 5.65. The zero-order valence-electron chi connectivity index (χ0n) is 17.4. The van der Waals surface area contributed by atoms with Gasteiger partial charge < -0.3 is 20.3 Å². The van der Waals surface area contributed by atoms with E-state index in [0.29, 0.717) is 6.10 Å². The first-order chi connectivity index (χ1) is 13.8. The van der Waals surface area contributed by atoms with Crippen molar-refractivity contribution >= 4 is 5.96 Å². The van der Waals surface area contributed by atoms with Crippen LogP contribution < -0.4 is 10.6 Å². The number of ether oxygens (including phenoxy) is 1. The smallest absolute Gasteiger partial charge is 0.191 e. The van der Waals surface area contributed by atoms with Crippen LogP contribution in [0.3, 0.4) is 0 Å². The second-order valence-corrected chi connectivity index (χ2v) is 7.83. The number of benzene rings is 1. The van der Waals surface area contributed by atoms with Crippen molar-refractivity contribution in [2.45, 2.75) is 38.3 Å². The molecule has 28 heavy (non-hydrogen) atoms. The van der Waals surface area contributed by atoms with Gasteiger partial charge in [-0.25, -0.2) is 0 Å². The molecule has 0 spiro atoms. The Bertz CT molecular complexity index is 566. The fraction of sp³-hybridized carbons (Fsp3) is 0.682. The van der Waals surface area contributed by atoms with E-state index in [4.69, 9.17) is 4.74 Å². The second kappa shape index (κ2) is 12.0. The van der Waals surface area contributed by atoms with Gasteiger partial charge in [-0.2, -0.15) is 0 Å². The molecular weight excluding hydrogens is 350 g/mol. The molecule has 1 aromatic carbocycles. The molecular formula is C22H37N5O. The summed E-state index contributed by atoms with van der Waals surface area (Å²) in [6.45, 7) is 9.72. The Labute approximate surface area is 170 Å². The van der Waals surface area contributed by atoms with Crippen LogP contribution in [0.25, 0.3) is 0 Å². The van der Waals surface area contributed by atoms with Gasteiger partial charge in [0.15, 0.2) is 5.96 Å². The van der Waals surface area contributed by atoms with Gasteiger partial charge in [0.1, 0.15) is 0 Å². The molecule has 156 valence electrons. The van der Waals surface area contributed by atoms with E-state index >= 15 is 0 Å². The maximum absolute atomic E-state index is 5.64. The van der Waals surface area contributed by atoms with Crippen LogP contribution in [0, 0.1) is 0 Å². The van der Waals surface area contributed by atoms with Crippen molar-refractivity contribution in [3.05, 3.63) is 35.9 Å². The summed E-state index contributed by atoms with van der Waals surface area (Å²) in [5, 5.41) is 6.80. The fourth-order valence-corrected chi connectivity index (χ4v) is 3.92. The van der Waals surface area contributed by atoms with Gasteiger partial charge >= 0.3 is 0 Å². The third kappa shape index (κ3) is 7.41. The molecule has 1 unspecified atom stereocenters. The molecule has 0 aliphatic carbocycles. The first kappa shape index (κ1) is 21.1. The Hall–Kier alpha value is -1.63. The number of aliphatic imine (C=N–C) groups is 1. The minimum Gasteiger partial charge on any atom is -0.376 e. The quantitative estimate of drug-likeness (QED) is 0.385. The van der Waals surface area contributed by atoms with Gasteiger partial charge in [0.2, 0.25) is 0 Å². The average molecular weight is 388 g/mol. The Morgan fingerprint density at radius 3 is 2.57 bits per heavy atom. The van der Waals surface area contributed by atoms with Crippen LogP contribution >= 0.6 is 0 Å².